The zero-order valence-corrected chi connectivity index (χ0v) is 17.2. The maximum absolute atomic E-state index is 13.1. The Morgan fingerprint density at radius 1 is 0.933 bits per heavy atom. The SMILES string of the molecule is COc1ccc(C2c3ccc(OC)cc3CCN2C(=O)OCc2ccccc2)cc1. The van der Waals surface area contributed by atoms with Gasteiger partial charge in [0.1, 0.15) is 18.1 Å². The lowest BCUT2D eigenvalue weighted by atomic mass is 9.88. The third kappa shape index (κ3) is 4.10. The summed E-state index contributed by atoms with van der Waals surface area (Å²) in [5.74, 6) is 1.60. The van der Waals surface area contributed by atoms with Crippen molar-refractivity contribution in [1.82, 2.24) is 4.90 Å². The number of ether oxygens (including phenoxy) is 3. The van der Waals surface area contributed by atoms with Gasteiger partial charge in [-0.25, -0.2) is 4.79 Å². The van der Waals surface area contributed by atoms with Crippen LogP contribution in [0, 0.1) is 0 Å². The Balaban J connectivity index is 1.64. The van der Waals surface area contributed by atoms with Crippen molar-refractivity contribution in [3.63, 3.8) is 0 Å². The largest absolute Gasteiger partial charge is 0.497 e. The Labute approximate surface area is 176 Å². The standard InChI is InChI=1S/C25H25NO4/c1-28-21-10-8-19(9-11-21)24-23-13-12-22(29-2)16-20(23)14-15-26(24)25(27)30-17-18-6-4-3-5-7-18/h3-13,16,24H,14-15,17H2,1-2H3. The summed E-state index contributed by atoms with van der Waals surface area (Å²) in [4.78, 5) is 14.9. The van der Waals surface area contributed by atoms with Gasteiger partial charge in [-0.05, 0) is 52.9 Å². The zero-order chi connectivity index (χ0) is 20.9. The summed E-state index contributed by atoms with van der Waals surface area (Å²) in [7, 11) is 3.31. The highest BCUT2D eigenvalue weighted by atomic mass is 16.6. The van der Waals surface area contributed by atoms with Crippen LogP contribution in [0.3, 0.4) is 0 Å². The molecule has 0 aliphatic carbocycles. The number of hydrogen-bond acceptors (Lipinski definition) is 4. The topological polar surface area (TPSA) is 48.0 Å². The number of methoxy groups -OCH3 is 2. The Morgan fingerprint density at radius 3 is 2.33 bits per heavy atom. The minimum atomic E-state index is -0.318. The highest BCUT2D eigenvalue weighted by Gasteiger charge is 2.33. The first-order valence-corrected chi connectivity index (χ1v) is 9.97. The van der Waals surface area contributed by atoms with E-state index < -0.39 is 0 Å². The van der Waals surface area contributed by atoms with Crippen LogP contribution in [-0.4, -0.2) is 31.8 Å². The van der Waals surface area contributed by atoms with Crippen LogP contribution in [0.25, 0.3) is 0 Å². The lowest BCUT2D eigenvalue weighted by molar-refractivity contribution is 0.0837. The maximum atomic E-state index is 13.1. The van der Waals surface area contributed by atoms with Gasteiger partial charge in [-0.15, -0.1) is 0 Å². The monoisotopic (exact) mass is 403 g/mol. The molecule has 0 N–H and O–H groups in total. The first-order chi connectivity index (χ1) is 14.7. The molecular weight excluding hydrogens is 378 g/mol. The third-order valence-electron chi connectivity index (χ3n) is 5.45. The first-order valence-electron chi connectivity index (χ1n) is 9.97. The van der Waals surface area contributed by atoms with Crippen molar-refractivity contribution >= 4 is 6.09 Å². The van der Waals surface area contributed by atoms with E-state index >= 15 is 0 Å². The van der Waals surface area contributed by atoms with Crippen molar-refractivity contribution in [2.24, 2.45) is 0 Å². The summed E-state index contributed by atoms with van der Waals surface area (Å²) in [5.41, 5.74) is 4.25. The average Bonchev–Trinajstić information content (AvgIpc) is 2.82. The van der Waals surface area contributed by atoms with E-state index in [1.54, 1.807) is 19.1 Å². The van der Waals surface area contributed by atoms with Gasteiger partial charge in [0.05, 0.1) is 20.3 Å². The molecule has 0 spiro atoms. The molecule has 1 aliphatic heterocycles. The van der Waals surface area contributed by atoms with Gasteiger partial charge >= 0.3 is 6.09 Å². The normalized spacial score (nSPS) is 15.3. The highest BCUT2D eigenvalue weighted by molar-refractivity contribution is 5.70. The molecule has 0 aromatic heterocycles. The van der Waals surface area contributed by atoms with Crippen molar-refractivity contribution in [2.75, 3.05) is 20.8 Å². The van der Waals surface area contributed by atoms with Gasteiger partial charge in [-0.2, -0.15) is 0 Å². The molecule has 0 saturated carbocycles. The van der Waals surface area contributed by atoms with Gasteiger partial charge in [0.2, 0.25) is 0 Å². The Hall–Kier alpha value is -3.47. The molecule has 1 heterocycles. The van der Waals surface area contributed by atoms with Gasteiger partial charge in [0, 0.05) is 6.54 Å². The van der Waals surface area contributed by atoms with E-state index in [1.807, 2.05) is 66.7 Å². The minimum Gasteiger partial charge on any atom is -0.497 e. The molecule has 5 nitrogen and oxygen atoms in total. The van der Waals surface area contributed by atoms with Gasteiger partial charge in [-0.3, -0.25) is 4.90 Å². The second-order valence-corrected chi connectivity index (χ2v) is 7.22. The van der Waals surface area contributed by atoms with Crippen LogP contribution >= 0.6 is 0 Å². The Kier molecular flexibility index (Phi) is 5.89. The van der Waals surface area contributed by atoms with Crippen LogP contribution in [0.4, 0.5) is 4.79 Å². The molecule has 0 saturated heterocycles. The van der Waals surface area contributed by atoms with E-state index in [9.17, 15) is 4.79 Å². The number of fused-ring (bicyclic) bond motifs is 1. The lowest BCUT2D eigenvalue weighted by Crippen LogP contribution is -2.40. The molecule has 3 aromatic rings. The van der Waals surface area contributed by atoms with Crippen molar-refractivity contribution in [2.45, 2.75) is 19.1 Å². The minimum absolute atomic E-state index is 0.228. The van der Waals surface area contributed by atoms with Crippen LogP contribution in [0.2, 0.25) is 0 Å². The lowest BCUT2D eigenvalue weighted by Gasteiger charge is -2.37. The second-order valence-electron chi connectivity index (χ2n) is 7.22. The van der Waals surface area contributed by atoms with Gasteiger partial charge in [0.25, 0.3) is 0 Å². The summed E-state index contributed by atoms with van der Waals surface area (Å²) in [6.07, 6.45) is 0.431. The predicted octanol–water partition coefficient (Wildman–Crippen LogP) is 4.99. The summed E-state index contributed by atoms with van der Waals surface area (Å²) < 4.78 is 16.3. The molecule has 4 rings (SSSR count). The molecule has 154 valence electrons. The zero-order valence-electron chi connectivity index (χ0n) is 17.2. The molecule has 0 fully saturated rings. The predicted molar refractivity (Wildman–Crippen MR) is 115 cm³/mol. The number of amides is 1. The van der Waals surface area contributed by atoms with Gasteiger partial charge in [-0.1, -0.05) is 48.5 Å². The van der Waals surface area contributed by atoms with Crippen LogP contribution < -0.4 is 9.47 Å². The smallest absolute Gasteiger partial charge is 0.410 e. The van der Waals surface area contributed by atoms with Crippen LogP contribution in [0.1, 0.15) is 28.3 Å². The molecule has 1 amide bonds. The van der Waals surface area contributed by atoms with Crippen molar-refractivity contribution in [1.29, 1.82) is 0 Å². The second kappa shape index (κ2) is 8.91. The molecule has 3 aromatic carbocycles. The van der Waals surface area contributed by atoms with E-state index in [1.165, 1.54) is 5.56 Å². The Morgan fingerprint density at radius 2 is 1.63 bits per heavy atom. The summed E-state index contributed by atoms with van der Waals surface area (Å²) in [6.45, 7) is 0.825. The number of benzene rings is 3. The first kappa shape index (κ1) is 19.8. The highest BCUT2D eigenvalue weighted by Crippen LogP contribution is 2.37. The van der Waals surface area contributed by atoms with E-state index in [2.05, 4.69) is 6.07 Å². The average molecular weight is 403 g/mol. The molecular formula is C25H25NO4. The quantitative estimate of drug-likeness (QED) is 0.602. The summed E-state index contributed by atoms with van der Waals surface area (Å²) >= 11 is 0. The maximum Gasteiger partial charge on any atom is 0.410 e. The van der Waals surface area contributed by atoms with Crippen molar-refractivity contribution < 1.29 is 19.0 Å². The fourth-order valence-electron chi connectivity index (χ4n) is 3.87. The number of hydrogen-bond donors (Lipinski definition) is 0. The van der Waals surface area contributed by atoms with Gasteiger partial charge < -0.3 is 14.2 Å². The van der Waals surface area contributed by atoms with Crippen molar-refractivity contribution in [3.05, 3.63) is 95.1 Å². The fourth-order valence-corrected chi connectivity index (χ4v) is 3.87. The van der Waals surface area contributed by atoms with Crippen molar-refractivity contribution in [3.8, 4) is 11.5 Å². The molecule has 1 aliphatic rings. The molecule has 5 heteroatoms. The van der Waals surface area contributed by atoms with Crippen LogP contribution in [-0.2, 0) is 17.8 Å². The summed E-state index contributed by atoms with van der Waals surface area (Å²) in [6, 6.07) is 23.4. The molecule has 0 bridgehead atoms. The van der Waals surface area contributed by atoms with E-state index in [-0.39, 0.29) is 18.7 Å². The van der Waals surface area contributed by atoms with E-state index in [0.717, 1.165) is 34.6 Å². The number of rotatable bonds is 5. The third-order valence-corrected chi connectivity index (χ3v) is 5.45. The number of nitrogens with zero attached hydrogens (tertiary/aromatic N) is 1. The van der Waals surface area contributed by atoms with Gasteiger partial charge in [0.15, 0.2) is 0 Å². The molecule has 0 radical (unpaired) electrons. The fraction of sp³-hybridized carbons (Fsp3) is 0.240. The number of carbonyl (C=O) groups excluding carboxylic acids is 1. The Bertz CT molecular complexity index is 1000. The summed E-state index contributed by atoms with van der Waals surface area (Å²) in [5, 5.41) is 0. The number of carbonyl (C=O) groups is 1. The van der Waals surface area contributed by atoms with Crippen LogP contribution in [0.5, 0.6) is 11.5 Å². The van der Waals surface area contributed by atoms with E-state index in [4.69, 9.17) is 14.2 Å². The van der Waals surface area contributed by atoms with E-state index in [0.29, 0.717) is 6.54 Å². The molecule has 1 unspecified atom stereocenters. The van der Waals surface area contributed by atoms with Crippen LogP contribution in [0.15, 0.2) is 72.8 Å². The molecule has 30 heavy (non-hydrogen) atoms. The molecule has 1 atom stereocenters.